The number of benzene rings is 3. The zero-order valence-electron chi connectivity index (χ0n) is 13.3. The molecule has 0 atom stereocenters. The molecule has 0 spiro atoms. The quantitative estimate of drug-likeness (QED) is 0.345. The lowest BCUT2D eigenvalue weighted by molar-refractivity contribution is 1.05. The first-order chi connectivity index (χ1) is 12.3. The Hall–Kier alpha value is -3.53. The minimum atomic E-state index is -0.154. The molecule has 0 saturated heterocycles. The Balaban J connectivity index is 2.05. The van der Waals surface area contributed by atoms with Gasteiger partial charge in [-0.05, 0) is 30.3 Å². The molecule has 3 aromatic carbocycles. The van der Waals surface area contributed by atoms with Gasteiger partial charge in [0, 0.05) is 11.1 Å². The maximum Gasteiger partial charge on any atom is 0.283 e. The van der Waals surface area contributed by atoms with Gasteiger partial charge < -0.3 is 0 Å². The number of pyridine rings is 1. The summed E-state index contributed by atoms with van der Waals surface area (Å²) >= 11 is 0. The summed E-state index contributed by atoms with van der Waals surface area (Å²) in [6.07, 6.45) is 0. The second-order valence-corrected chi connectivity index (χ2v) is 5.90. The Morgan fingerprint density at radius 3 is 2.00 bits per heavy atom. The van der Waals surface area contributed by atoms with Crippen LogP contribution >= 0.6 is 0 Å². The van der Waals surface area contributed by atoms with Crippen LogP contribution in [0.1, 0.15) is 0 Å². The smallest absolute Gasteiger partial charge is 0.275 e. The molecule has 0 aliphatic rings. The van der Waals surface area contributed by atoms with Crippen LogP contribution in [0.3, 0.4) is 0 Å². The minimum absolute atomic E-state index is 0.154. The van der Waals surface area contributed by atoms with Gasteiger partial charge in [0.1, 0.15) is 5.52 Å². The highest BCUT2D eigenvalue weighted by molar-refractivity contribution is 6.04. The van der Waals surface area contributed by atoms with Crippen molar-refractivity contribution in [1.82, 2.24) is 14.5 Å². The Bertz CT molecular complexity index is 1310. The van der Waals surface area contributed by atoms with Crippen molar-refractivity contribution in [2.45, 2.75) is 0 Å². The maximum absolute atomic E-state index is 13.2. The number of aromatic nitrogens is 3. The summed E-state index contributed by atoms with van der Waals surface area (Å²) < 4.78 is 1.71. The van der Waals surface area contributed by atoms with E-state index in [4.69, 9.17) is 4.98 Å². The van der Waals surface area contributed by atoms with Crippen molar-refractivity contribution < 1.29 is 0 Å². The lowest BCUT2D eigenvalue weighted by Gasteiger charge is -2.12. The minimum Gasteiger partial charge on any atom is -0.275 e. The highest BCUT2D eigenvalue weighted by Gasteiger charge is 2.14. The summed E-state index contributed by atoms with van der Waals surface area (Å²) in [6, 6.07) is 25.1. The Morgan fingerprint density at radius 2 is 1.24 bits per heavy atom. The third kappa shape index (κ3) is 2.04. The first-order valence-corrected chi connectivity index (χ1v) is 8.08. The lowest BCUT2D eigenvalue weighted by Crippen LogP contribution is -2.20. The van der Waals surface area contributed by atoms with Gasteiger partial charge in [0.25, 0.3) is 5.56 Å². The van der Waals surface area contributed by atoms with E-state index >= 15 is 0 Å². The number of nitrogens with zero attached hydrogens (tertiary/aromatic N) is 3. The number of rotatable bonds is 1. The largest absolute Gasteiger partial charge is 0.283 e. The molecule has 2 heterocycles. The average Bonchev–Trinajstić information content (AvgIpc) is 2.68. The second-order valence-electron chi connectivity index (χ2n) is 5.90. The molecule has 0 saturated carbocycles. The van der Waals surface area contributed by atoms with Crippen molar-refractivity contribution in [3.05, 3.63) is 89.2 Å². The van der Waals surface area contributed by atoms with Crippen LogP contribution in [-0.2, 0) is 0 Å². The molecule has 0 unspecified atom stereocenters. The Kier molecular flexibility index (Phi) is 2.91. The highest BCUT2D eigenvalue weighted by Crippen LogP contribution is 2.24. The van der Waals surface area contributed by atoms with Crippen LogP contribution in [0.4, 0.5) is 0 Å². The number of hydrogen-bond donors (Lipinski definition) is 0. The summed E-state index contributed by atoms with van der Waals surface area (Å²) in [5.74, 6) is 0. The zero-order chi connectivity index (χ0) is 16.8. The molecule has 0 fully saturated rings. The number of para-hydroxylation sites is 4. The van der Waals surface area contributed by atoms with Crippen LogP contribution in [0.5, 0.6) is 0 Å². The van der Waals surface area contributed by atoms with Crippen molar-refractivity contribution in [1.29, 1.82) is 0 Å². The van der Waals surface area contributed by atoms with Crippen molar-refractivity contribution in [2.75, 3.05) is 0 Å². The van der Waals surface area contributed by atoms with Gasteiger partial charge in [0.15, 0.2) is 5.52 Å². The molecule has 118 valence electrons. The van der Waals surface area contributed by atoms with E-state index in [2.05, 4.69) is 4.98 Å². The second kappa shape index (κ2) is 5.24. The third-order valence-corrected chi connectivity index (χ3v) is 4.39. The van der Waals surface area contributed by atoms with Crippen LogP contribution in [0.25, 0.3) is 38.7 Å². The Labute approximate surface area is 143 Å². The molecule has 4 heteroatoms. The lowest BCUT2D eigenvalue weighted by atomic mass is 10.1. The molecular weight excluding hydrogens is 310 g/mol. The molecule has 0 aliphatic heterocycles. The molecule has 0 amide bonds. The van der Waals surface area contributed by atoms with Gasteiger partial charge in [-0.25, -0.2) is 9.97 Å². The van der Waals surface area contributed by atoms with E-state index in [0.29, 0.717) is 11.0 Å². The van der Waals surface area contributed by atoms with Gasteiger partial charge in [-0.2, -0.15) is 0 Å². The fraction of sp³-hybridized carbons (Fsp3) is 0. The van der Waals surface area contributed by atoms with Crippen molar-refractivity contribution in [2.24, 2.45) is 0 Å². The van der Waals surface area contributed by atoms with E-state index in [-0.39, 0.29) is 5.56 Å². The van der Waals surface area contributed by atoms with Gasteiger partial charge >= 0.3 is 0 Å². The molecule has 25 heavy (non-hydrogen) atoms. The van der Waals surface area contributed by atoms with E-state index in [1.54, 1.807) is 4.57 Å². The van der Waals surface area contributed by atoms with Crippen LogP contribution in [0, 0.1) is 0 Å². The normalized spacial score (nSPS) is 11.4. The molecule has 2 aromatic heterocycles. The molecule has 4 nitrogen and oxygen atoms in total. The molecule has 5 aromatic rings. The van der Waals surface area contributed by atoms with Crippen LogP contribution < -0.4 is 5.56 Å². The van der Waals surface area contributed by atoms with E-state index in [9.17, 15) is 4.79 Å². The fourth-order valence-corrected chi connectivity index (χ4v) is 3.25. The molecule has 5 rings (SSSR count). The van der Waals surface area contributed by atoms with Crippen molar-refractivity contribution in [3.8, 4) is 5.69 Å². The van der Waals surface area contributed by atoms with E-state index in [1.165, 1.54) is 0 Å². The van der Waals surface area contributed by atoms with Gasteiger partial charge in [0.2, 0.25) is 0 Å². The summed E-state index contributed by atoms with van der Waals surface area (Å²) in [4.78, 5) is 22.6. The predicted octanol–water partition coefficient (Wildman–Crippen LogP) is 4.09. The van der Waals surface area contributed by atoms with Crippen LogP contribution in [-0.4, -0.2) is 14.5 Å². The molecular formula is C21H13N3O. The predicted molar refractivity (Wildman–Crippen MR) is 100 cm³/mol. The van der Waals surface area contributed by atoms with E-state index in [1.807, 2.05) is 78.9 Å². The summed E-state index contributed by atoms with van der Waals surface area (Å²) in [6.45, 7) is 0. The zero-order valence-corrected chi connectivity index (χ0v) is 13.3. The van der Waals surface area contributed by atoms with Gasteiger partial charge in [-0.15, -0.1) is 0 Å². The van der Waals surface area contributed by atoms with Gasteiger partial charge in [-0.3, -0.25) is 9.36 Å². The van der Waals surface area contributed by atoms with Crippen molar-refractivity contribution in [3.63, 3.8) is 0 Å². The average molecular weight is 323 g/mol. The fourth-order valence-electron chi connectivity index (χ4n) is 3.25. The summed E-state index contributed by atoms with van der Waals surface area (Å²) in [5, 5.41) is 0.916. The van der Waals surface area contributed by atoms with Crippen LogP contribution in [0.2, 0.25) is 0 Å². The third-order valence-electron chi connectivity index (χ3n) is 4.39. The highest BCUT2D eigenvalue weighted by atomic mass is 16.1. The number of hydrogen-bond acceptors (Lipinski definition) is 3. The first kappa shape index (κ1) is 13.9. The number of fused-ring (bicyclic) bond motifs is 4. The van der Waals surface area contributed by atoms with Gasteiger partial charge in [-0.1, -0.05) is 48.5 Å². The van der Waals surface area contributed by atoms with E-state index < -0.39 is 0 Å². The molecule has 0 aliphatic carbocycles. The standard InChI is InChI=1S/C21H13N3O/c25-21-20-19(22-16-11-5-6-12-17(16)23-20)15-10-4-7-13-18(15)24(21)14-8-2-1-3-9-14/h1-13H. The first-order valence-electron chi connectivity index (χ1n) is 8.08. The SMILES string of the molecule is O=c1c2nc3ccccc3nc2c2ccccc2n1-c1ccccc1. The monoisotopic (exact) mass is 323 g/mol. The Morgan fingerprint density at radius 1 is 0.640 bits per heavy atom. The topological polar surface area (TPSA) is 47.8 Å². The van der Waals surface area contributed by atoms with Crippen molar-refractivity contribution >= 4 is 33.0 Å². The molecule has 0 bridgehead atoms. The summed E-state index contributed by atoms with van der Waals surface area (Å²) in [5.41, 5.74) is 4.04. The van der Waals surface area contributed by atoms with Crippen LogP contribution in [0.15, 0.2) is 83.7 Å². The van der Waals surface area contributed by atoms with Gasteiger partial charge in [0.05, 0.1) is 16.6 Å². The maximum atomic E-state index is 13.2. The molecule has 0 radical (unpaired) electrons. The summed E-state index contributed by atoms with van der Waals surface area (Å²) in [7, 11) is 0. The van der Waals surface area contributed by atoms with E-state index in [0.717, 1.165) is 27.6 Å². The molecule has 0 N–H and O–H groups in total.